The summed E-state index contributed by atoms with van der Waals surface area (Å²) in [6, 6.07) is 16.3. The molecule has 2 aliphatic rings. The first-order valence-electron chi connectivity index (χ1n) is 11.9. The van der Waals surface area contributed by atoms with Crippen LogP contribution in [-0.2, 0) is 14.3 Å². The summed E-state index contributed by atoms with van der Waals surface area (Å²) < 4.78 is 5.21. The molecule has 33 heavy (non-hydrogen) atoms. The molecule has 0 unspecified atom stereocenters. The SMILES string of the molecule is CCOC(=O)[C@H]1CCCN(CC(=O)N2N=C(c3cc(C)ccc3C)C[C@@H]2c2ccccc2)C1. The van der Waals surface area contributed by atoms with E-state index in [9.17, 15) is 9.59 Å². The second-order valence-corrected chi connectivity index (χ2v) is 9.06. The number of carbonyl (C=O) groups is 2. The molecule has 2 aromatic rings. The molecular formula is C27H33N3O3. The molecule has 2 aromatic carbocycles. The number of rotatable bonds is 6. The number of hydrazone groups is 1. The number of esters is 1. The first kappa shape index (κ1) is 23.2. The lowest BCUT2D eigenvalue weighted by atomic mass is 9.95. The molecule has 1 saturated heterocycles. The molecule has 6 heteroatoms. The molecule has 6 nitrogen and oxygen atoms in total. The molecule has 0 bridgehead atoms. The van der Waals surface area contributed by atoms with Crippen molar-refractivity contribution < 1.29 is 14.3 Å². The van der Waals surface area contributed by atoms with Crippen LogP contribution >= 0.6 is 0 Å². The van der Waals surface area contributed by atoms with Crippen LogP contribution < -0.4 is 0 Å². The van der Waals surface area contributed by atoms with Crippen LogP contribution in [0.3, 0.4) is 0 Å². The van der Waals surface area contributed by atoms with Gasteiger partial charge in [0.15, 0.2) is 0 Å². The zero-order chi connectivity index (χ0) is 23.4. The van der Waals surface area contributed by atoms with Crippen molar-refractivity contribution in [1.29, 1.82) is 0 Å². The Balaban J connectivity index is 1.55. The van der Waals surface area contributed by atoms with Gasteiger partial charge in [-0.2, -0.15) is 5.10 Å². The Kier molecular flexibility index (Phi) is 7.23. The maximum Gasteiger partial charge on any atom is 0.310 e. The van der Waals surface area contributed by atoms with E-state index in [4.69, 9.17) is 9.84 Å². The third kappa shape index (κ3) is 5.33. The first-order chi connectivity index (χ1) is 16.0. The van der Waals surface area contributed by atoms with Crippen molar-refractivity contribution in [3.05, 3.63) is 70.8 Å². The molecule has 0 aliphatic carbocycles. The number of amides is 1. The normalized spacial score (nSPS) is 21.1. The molecular weight excluding hydrogens is 414 g/mol. The van der Waals surface area contributed by atoms with Crippen LogP contribution in [0.5, 0.6) is 0 Å². The number of carbonyl (C=O) groups excluding carboxylic acids is 2. The van der Waals surface area contributed by atoms with Crippen LogP contribution in [0.1, 0.15) is 54.5 Å². The molecule has 0 aromatic heterocycles. The summed E-state index contributed by atoms with van der Waals surface area (Å²) in [6.07, 6.45) is 2.39. The Labute approximate surface area is 196 Å². The number of likely N-dealkylation sites (tertiary alicyclic amines) is 1. The third-order valence-electron chi connectivity index (χ3n) is 6.54. The van der Waals surface area contributed by atoms with Gasteiger partial charge >= 0.3 is 5.97 Å². The summed E-state index contributed by atoms with van der Waals surface area (Å²) in [6.45, 7) is 7.99. The maximum absolute atomic E-state index is 13.5. The Bertz CT molecular complexity index is 1030. The molecule has 174 valence electrons. The Morgan fingerprint density at radius 1 is 1.12 bits per heavy atom. The molecule has 4 rings (SSSR count). The van der Waals surface area contributed by atoms with Crippen LogP contribution in [0, 0.1) is 19.8 Å². The van der Waals surface area contributed by atoms with Gasteiger partial charge in [-0.25, -0.2) is 5.01 Å². The van der Waals surface area contributed by atoms with Crippen molar-refractivity contribution in [2.45, 2.75) is 46.1 Å². The van der Waals surface area contributed by atoms with E-state index < -0.39 is 0 Å². The molecule has 1 fully saturated rings. The zero-order valence-corrected chi connectivity index (χ0v) is 19.8. The number of hydrogen-bond donors (Lipinski definition) is 0. The smallest absolute Gasteiger partial charge is 0.310 e. The summed E-state index contributed by atoms with van der Waals surface area (Å²) in [5.74, 6) is -0.356. The zero-order valence-electron chi connectivity index (χ0n) is 19.8. The van der Waals surface area contributed by atoms with Gasteiger partial charge in [0, 0.05) is 18.5 Å². The highest BCUT2D eigenvalue weighted by molar-refractivity contribution is 6.04. The minimum atomic E-state index is -0.163. The van der Waals surface area contributed by atoms with Crippen molar-refractivity contribution in [3.63, 3.8) is 0 Å². The largest absolute Gasteiger partial charge is 0.466 e. The van der Waals surface area contributed by atoms with E-state index in [1.165, 1.54) is 5.56 Å². The fourth-order valence-electron chi connectivity index (χ4n) is 4.80. The van der Waals surface area contributed by atoms with Crippen molar-refractivity contribution in [1.82, 2.24) is 9.91 Å². The van der Waals surface area contributed by atoms with Gasteiger partial charge in [-0.1, -0.05) is 48.0 Å². The topological polar surface area (TPSA) is 62.2 Å². The van der Waals surface area contributed by atoms with E-state index in [0.717, 1.165) is 41.8 Å². The van der Waals surface area contributed by atoms with Crippen LogP contribution in [0.4, 0.5) is 0 Å². The molecule has 0 radical (unpaired) electrons. The summed E-state index contributed by atoms with van der Waals surface area (Å²) >= 11 is 0. The maximum atomic E-state index is 13.5. The molecule has 0 saturated carbocycles. The molecule has 2 heterocycles. The Hall–Kier alpha value is -2.99. The average molecular weight is 448 g/mol. The van der Waals surface area contributed by atoms with Crippen LogP contribution in [-0.4, -0.2) is 53.7 Å². The van der Waals surface area contributed by atoms with E-state index >= 15 is 0 Å². The van der Waals surface area contributed by atoms with E-state index in [1.54, 1.807) is 5.01 Å². The van der Waals surface area contributed by atoms with Gasteiger partial charge < -0.3 is 4.74 Å². The summed E-state index contributed by atoms with van der Waals surface area (Å²) in [5.41, 5.74) is 5.47. The first-order valence-corrected chi connectivity index (χ1v) is 11.9. The van der Waals surface area contributed by atoms with E-state index in [0.29, 0.717) is 19.6 Å². The van der Waals surface area contributed by atoms with Gasteiger partial charge in [-0.3, -0.25) is 14.5 Å². The number of hydrogen-bond acceptors (Lipinski definition) is 5. The lowest BCUT2D eigenvalue weighted by Gasteiger charge is -2.32. The number of aryl methyl sites for hydroxylation is 2. The van der Waals surface area contributed by atoms with E-state index in [2.05, 4.69) is 49.1 Å². The highest BCUT2D eigenvalue weighted by Gasteiger charge is 2.35. The summed E-state index contributed by atoms with van der Waals surface area (Å²) in [5, 5.41) is 6.52. The standard InChI is InChI=1S/C27H33N3O3/c1-4-33-27(32)22-11-8-14-29(17-22)18-26(31)30-25(21-9-6-5-7-10-21)16-24(28-30)23-15-19(2)12-13-20(23)3/h5-7,9-10,12-13,15,22,25H,4,8,11,14,16-18H2,1-3H3/t22-,25+/m0/s1. The minimum absolute atomic E-state index is 0.0336. The van der Waals surface area contributed by atoms with Gasteiger partial charge in [-0.05, 0) is 57.4 Å². The monoisotopic (exact) mass is 447 g/mol. The van der Waals surface area contributed by atoms with Crippen molar-refractivity contribution in [3.8, 4) is 0 Å². The highest BCUT2D eigenvalue weighted by atomic mass is 16.5. The molecule has 1 amide bonds. The second-order valence-electron chi connectivity index (χ2n) is 9.06. The second kappa shape index (κ2) is 10.3. The number of piperidine rings is 1. The predicted octanol–water partition coefficient (Wildman–Crippen LogP) is 4.26. The molecule has 0 spiro atoms. The average Bonchev–Trinajstić information content (AvgIpc) is 3.27. The lowest BCUT2D eigenvalue weighted by molar-refractivity contribution is -0.150. The fourth-order valence-corrected chi connectivity index (χ4v) is 4.80. The molecule has 0 N–H and O–H groups in total. The van der Waals surface area contributed by atoms with Crippen LogP contribution in [0.2, 0.25) is 0 Å². The van der Waals surface area contributed by atoms with Gasteiger partial charge in [0.25, 0.3) is 5.91 Å². The number of nitrogens with zero attached hydrogens (tertiary/aromatic N) is 3. The van der Waals surface area contributed by atoms with Gasteiger partial charge in [-0.15, -0.1) is 0 Å². The fraction of sp³-hybridized carbons (Fsp3) is 0.444. The van der Waals surface area contributed by atoms with Crippen LogP contribution in [0.25, 0.3) is 0 Å². The quantitative estimate of drug-likeness (QED) is 0.621. The number of benzene rings is 2. The van der Waals surface area contributed by atoms with Gasteiger partial charge in [0.1, 0.15) is 0 Å². The minimum Gasteiger partial charge on any atom is -0.466 e. The van der Waals surface area contributed by atoms with Crippen LogP contribution in [0.15, 0.2) is 53.6 Å². The summed E-state index contributed by atoms with van der Waals surface area (Å²) in [4.78, 5) is 27.8. The number of ether oxygens (including phenoxy) is 1. The van der Waals surface area contributed by atoms with Gasteiger partial charge in [0.05, 0.1) is 30.8 Å². The van der Waals surface area contributed by atoms with Gasteiger partial charge in [0.2, 0.25) is 0 Å². The Morgan fingerprint density at radius 3 is 2.67 bits per heavy atom. The Morgan fingerprint density at radius 2 is 1.91 bits per heavy atom. The predicted molar refractivity (Wildman–Crippen MR) is 129 cm³/mol. The lowest BCUT2D eigenvalue weighted by Crippen LogP contribution is -2.44. The van der Waals surface area contributed by atoms with E-state index in [-0.39, 0.29) is 30.4 Å². The summed E-state index contributed by atoms with van der Waals surface area (Å²) in [7, 11) is 0. The van der Waals surface area contributed by atoms with Crippen molar-refractivity contribution in [2.75, 3.05) is 26.2 Å². The third-order valence-corrected chi connectivity index (χ3v) is 6.54. The highest BCUT2D eigenvalue weighted by Crippen LogP contribution is 2.34. The van der Waals surface area contributed by atoms with E-state index in [1.807, 2.05) is 25.1 Å². The molecule has 2 atom stereocenters. The van der Waals surface area contributed by atoms with Crippen molar-refractivity contribution in [2.24, 2.45) is 11.0 Å². The van der Waals surface area contributed by atoms with Crippen molar-refractivity contribution >= 4 is 17.6 Å². The molecule has 2 aliphatic heterocycles.